The van der Waals surface area contributed by atoms with Crippen molar-refractivity contribution in [1.82, 2.24) is 0 Å². The second-order valence-corrected chi connectivity index (χ2v) is 6.88. The van der Waals surface area contributed by atoms with Gasteiger partial charge in [0.15, 0.2) is 0 Å². The number of esters is 3. The zero-order valence-corrected chi connectivity index (χ0v) is 21.5. The molecule has 0 saturated carbocycles. The van der Waals surface area contributed by atoms with Crippen molar-refractivity contribution in [3.05, 3.63) is 61.3 Å². The molecule has 1 fully saturated rings. The van der Waals surface area contributed by atoms with E-state index in [0.29, 0.717) is 25.4 Å². The van der Waals surface area contributed by atoms with Crippen LogP contribution in [0.5, 0.6) is 0 Å². The molecule has 0 aromatic carbocycles. The van der Waals surface area contributed by atoms with Crippen molar-refractivity contribution in [3.8, 4) is 6.07 Å². The number of methoxy groups -OCH3 is 1. The number of carbonyl (C=O) groups excluding carboxylic acids is 3. The van der Waals surface area contributed by atoms with E-state index in [-0.39, 0.29) is 35.6 Å². The molecule has 200 valence electrons. The summed E-state index contributed by atoms with van der Waals surface area (Å²) in [6.07, 6.45) is 6.09. The normalized spacial score (nSPS) is 12.5. The van der Waals surface area contributed by atoms with Gasteiger partial charge in [-0.25, -0.2) is 19.2 Å². The van der Waals surface area contributed by atoms with Crippen molar-refractivity contribution in [2.45, 2.75) is 46.1 Å². The summed E-state index contributed by atoms with van der Waals surface area (Å²) in [6.45, 7) is 20.0. The molecule has 0 radical (unpaired) electrons. The average Bonchev–Trinajstić information content (AvgIpc) is 3.70. The Morgan fingerprint density at radius 1 is 1.14 bits per heavy atom. The zero-order chi connectivity index (χ0) is 28.5. The number of carbonyl (C=O) groups is 4. The van der Waals surface area contributed by atoms with Gasteiger partial charge in [-0.15, -0.1) is 0 Å². The van der Waals surface area contributed by atoms with Crippen LogP contribution in [0.25, 0.3) is 0 Å². The summed E-state index contributed by atoms with van der Waals surface area (Å²) in [4.78, 5) is 42.2. The molecule has 1 aliphatic rings. The van der Waals surface area contributed by atoms with Gasteiger partial charge in [0.2, 0.25) is 0 Å². The van der Waals surface area contributed by atoms with Gasteiger partial charge in [0, 0.05) is 28.9 Å². The van der Waals surface area contributed by atoms with Gasteiger partial charge in [-0.3, -0.25) is 0 Å². The van der Waals surface area contributed by atoms with Gasteiger partial charge in [-0.2, -0.15) is 5.26 Å². The maximum absolute atomic E-state index is 10.8. The number of rotatable bonds is 11. The highest BCUT2D eigenvalue weighted by atomic mass is 16.6. The number of nitrogens with zero attached hydrogens (tertiary/aromatic N) is 1. The van der Waals surface area contributed by atoms with Gasteiger partial charge in [-0.05, 0) is 26.7 Å². The fraction of sp³-hybridized carbons (Fsp3) is 0.423. The zero-order valence-electron chi connectivity index (χ0n) is 21.5. The lowest BCUT2D eigenvalue weighted by Gasteiger charge is -1.99. The summed E-state index contributed by atoms with van der Waals surface area (Å²) >= 11 is 0. The van der Waals surface area contributed by atoms with Crippen molar-refractivity contribution < 1.29 is 43.2 Å². The van der Waals surface area contributed by atoms with Crippen LogP contribution in [0.2, 0.25) is 0 Å². The van der Waals surface area contributed by atoms with Gasteiger partial charge < -0.3 is 24.1 Å². The molecule has 1 atom stereocenters. The molecule has 1 unspecified atom stereocenters. The van der Waals surface area contributed by atoms with E-state index in [4.69, 9.17) is 19.8 Å². The number of carboxylic acid groups (broad SMARTS) is 1. The molecule has 10 nitrogen and oxygen atoms in total. The minimum Gasteiger partial charge on any atom is -0.478 e. The van der Waals surface area contributed by atoms with E-state index in [2.05, 4.69) is 35.8 Å². The number of hydrogen-bond acceptors (Lipinski definition) is 9. The van der Waals surface area contributed by atoms with Crippen molar-refractivity contribution >= 4 is 23.9 Å². The summed E-state index contributed by atoms with van der Waals surface area (Å²) < 4.78 is 18.7. The van der Waals surface area contributed by atoms with Crippen LogP contribution in [0.1, 0.15) is 40.0 Å². The highest BCUT2D eigenvalue weighted by Gasteiger charge is 2.24. The fourth-order valence-corrected chi connectivity index (χ4v) is 1.42. The van der Waals surface area contributed by atoms with Crippen LogP contribution in [-0.2, 0) is 38.1 Å². The van der Waals surface area contributed by atoms with Gasteiger partial charge in [0.1, 0.15) is 12.7 Å². The van der Waals surface area contributed by atoms with Crippen molar-refractivity contribution in [2.24, 2.45) is 0 Å². The smallest absolute Gasteiger partial charge is 0.333 e. The minimum atomic E-state index is -1.00. The molecule has 0 aromatic rings. The first-order valence-corrected chi connectivity index (χ1v) is 10.8. The second-order valence-electron chi connectivity index (χ2n) is 6.88. The van der Waals surface area contributed by atoms with Crippen LogP contribution < -0.4 is 0 Å². The van der Waals surface area contributed by atoms with Crippen LogP contribution in [0.4, 0.5) is 0 Å². The molecule has 1 heterocycles. The number of ether oxygens (including phenoxy) is 4. The summed E-state index contributed by atoms with van der Waals surface area (Å²) in [5.41, 5.74) is 0.855. The number of nitriles is 1. The van der Waals surface area contributed by atoms with E-state index in [1.54, 1.807) is 13.0 Å². The molecular weight excluding hydrogens is 470 g/mol. The third-order valence-electron chi connectivity index (χ3n) is 3.62. The van der Waals surface area contributed by atoms with Crippen LogP contribution in [0, 0.1) is 11.3 Å². The Bertz CT molecular complexity index is 831. The molecule has 0 bridgehead atoms. The van der Waals surface area contributed by atoms with Crippen LogP contribution in [0.3, 0.4) is 0 Å². The number of unbranched alkanes of at least 4 members (excludes halogenated alkanes) is 1. The monoisotopic (exact) mass is 507 g/mol. The molecule has 10 heteroatoms. The van der Waals surface area contributed by atoms with E-state index in [0.717, 1.165) is 12.8 Å². The molecular formula is C26H37NO9. The summed E-state index contributed by atoms with van der Waals surface area (Å²) in [7, 11) is 1.25. The van der Waals surface area contributed by atoms with Crippen molar-refractivity contribution in [3.63, 3.8) is 0 Å². The third-order valence-corrected chi connectivity index (χ3v) is 3.62. The fourth-order valence-electron chi connectivity index (χ4n) is 1.42. The van der Waals surface area contributed by atoms with Crippen LogP contribution in [0.15, 0.2) is 61.3 Å². The maximum Gasteiger partial charge on any atom is 0.333 e. The standard InChI is InChI=1S/C9H12O4.C7H10O3.C7H12O2.C3H3N/c1-6(8(10)11)4-5-7(2)9(12)13-3;1-5(2)7(8)10-4-6-3-9-6;1-3-5-6-9-7(8)4-2;1-2-3-4/h4H,2,5H2,1,3H3,(H,10,11);6H,1,3-4H2,2H3;4H,2-3,5-6H2,1H3;2H,1H2. The van der Waals surface area contributed by atoms with E-state index in [1.165, 1.54) is 32.3 Å². The van der Waals surface area contributed by atoms with Crippen LogP contribution in [-0.4, -0.2) is 62.0 Å². The first kappa shape index (κ1) is 36.6. The Balaban J connectivity index is -0.000000428. The Labute approximate surface area is 213 Å². The van der Waals surface area contributed by atoms with E-state index < -0.39 is 11.9 Å². The van der Waals surface area contributed by atoms with Crippen molar-refractivity contribution in [2.75, 3.05) is 26.9 Å². The summed E-state index contributed by atoms with van der Waals surface area (Å²) in [5, 5.41) is 16.0. The minimum absolute atomic E-state index is 0.142. The van der Waals surface area contributed by atoms with E-state index >= 15 is 0 Å². The molecule has 1 N–H and O–H groups in total. The Kier molecular flexibility index (Phi) is 24.6. The topological polar surface area (TPSA) is 153 Å². The largest absolute Gasteiger partial charge is 0.478 e. The first-order valence-electron chi connectivity index (χ1n) is 10.8. The maximum atomic E-state index is 10.8. The predicted octanol–water partition coefficient (Wildman–Crippen LogP) is 3.85. The molecule has 0 aromatic heterocycles. The van der Waals surface area contributed by atoms with E-state index in [1.807, 2.05) is 6.92 Å². The molecule has 0 aliphatic carbocycles. The molecule has 36 heavy (non-hydrogen) atoms. The molecule has 0 spiro atoms. The number of epoxide rings is 1. The summed E-state index contributed by atoms with van der Waals surface area (Å²) in [5.74, 6) is -2.19. The van der Waals surface area contributed by atoms with Crippen LogP contribution >= 0.6 is 0 Å². The molecule has 1 rings (SSSR count). The van der Waals surface area contributed by atoms with Gasteiger partial charge in [0.25, 0.3) is 0 Å². The Morgan fingerprint density at radius 3 is 2.06 bits per heavy atom. The number of allylic oxidation sites excluding steroid dienone is 2. The number of aliphatic carboxylic acids is 1. The Hall–Kier alpha value is -3.97. The predicted molar refractivity (Wildman–Crippen MR) is 135 cm³/mol. The highest BCUT2D eigenvalue weighted by molar-refractivity contribution is 5.89. The second kappa shape index (κ2) is 24.2. The molecule has 1 saturated heterocycles. The Morgan fingerprint density at radius 2 is 1.69 bits per heavy atom. The number of carboxylic acids is 1. The summed E-state index contributed by atoms with van der Waals surface area (Å²) in [6, 6.07) is 1.69. The van der Waals surface area contributed by atoms with Crippen molar-refractivity contribution in [1.29, 1.82) is 5.26 Å². The third kappa shape index (κ3) is 26.3. The highest BCUT2D eigenvalue weighted by Crippen LogP contribution is 2.09. The lowest BCUT2D eigenvalue weighted by molar-refractivity contribution is -0.139. The SMILES string of the molecule is C=C(C)C(=O)OCC1CO1.C=C(CC=C(C)C(=O)O)C(=O)OC.C=CC#N.C=CC(=O)OCCCC. The van der Waals surface area contributed by atoms with E-state index in [9.17, 15) is 19.2 Å². The van der Waals surface area contributed by atoms with Gasteiger partial charge in [0.05, 0.1) is 26.4 Å². The molecule has 0 amide bonds. The first-order chi connectivity index (χ1) is 16.9. The molecule has 1 aliphatic heterocycles. The lowest BCUT2D eigenvalue weighted by atomic mass is 10.1. The average molecular weight is 508 g/mol. The van der Waals surface area contributed by atoms with Gasteiger partial charge >= 0.3 is 23.9 Å². The quantitative estimate of drug-likeness (QED) is 0.109. The van der Waals surface area contributed by atoms with Gasteiger partial charge in [-0.1, -0.05) is 45.7 Å². The lowest BCUT2D eigenvalue weighted by Crippen LogP contribution is -2.09. The number of hydrogen-bond donors (Lipinski definition) is 1.